The molecule has 0 fully saturated rings. The van der Waals surface area contributed by atoms with Gasteiger partial charge in [0, 0.05) is 35.1 Å². The lowest BCUT2D eigenvalue weighted by Crippen LogP contribution is -2.28. The van der Waals surface area contributed by atoms with Crippen LogP contribution >= 0.6 is 0 Å². The number of fused-ring (bicyclic) bond motifs is 1. The van der Waals surface area contributed by atoms with Crippen molar-refractivity contribution in [1.29, 1.82) is 0 Å². The smallest absolute Gasteiger partial charge is 0.211 e. The molecule has 2 N–H and O–H groups in total. The molecule has 2 heterocycles. The minimum absolute atomic E-state index is 0.0859. The molecule has 0 radical (unpaired) electrons. The van der Waals surface area contributed by atoms with Crippen molar-refractivity contribution in [3.8, 4) is 33.9 Å². The zero-order valence-corrected chi connectivity index (χ0v) is 18.6. The molecule has 2 aromatic heterocycles. The number of rotatable bonds is 6. The largest absolute Gasteiger partial charge is 0.337 e. The number of H-pyrrole nitrogens is 1. The lowest BCUT2D eigenvalue weighted by atomic mass is 10.0. The van der Waals surface area contributed by atoms with E-state index in [1.807, 2.05) is 54.6 Å². The van der Waals surface area contributed by atoms with E-state index in [1.165, 1.54) is 5.56 Å². The van der Waals surface area contributed by atoms with Crippen LogP contribution in [0.3, 0.4) is 0 Å². The van der Waals surface area contributed by atoms with Crippen molar-refractivity contribution in [2.24, 2.45) is 0 Å². The van der Waals surface area contributed by atoms with E-state index in [4.69, 9.17) is 4.98 Å². The summed E-state index contributed by atoms with van der Waals surface area (Å²) in [5.74, 6) is 0.893. The minimum Gasteiger partial charge on any atom is -0.337 e. The number of sulfonamides is 1. The van der Waals surface area contributed by atoms with Crippen LogP contribution in [0.4, 0.5) is 0 Å². The molecule has 0 aliphatic heterocycles. The molecule has 0 saturated heterocycles. The van der Waals surface area contributed by atoms with E-state index < -0.39 is 10.0 Å². The van der Waals surface area contributed by atoms with E-state index in [2.05, 4.69) is 20.8 Å². The van der Waals surface area contributed by atoms with Gasteiger partial charge in [0.25, 0.3) is 0 Å². The van der Waals surface area contributed by atoms with Crippen LogP contribution in [0.5, 0.6) is 0 Å². The second kappa shape index (κ2) is 8.33. The molecule has 1 aliphatic carbocycles. The topological polar surface area (TPSA) is 87.7 Å². The third-order valence-corrected chi connectivity index (χ3v) is 7.32. The molecule has 32 heavy (non-hydrogen) atoms. The molecule has 2 aromatic carbocycles. The highest BCUT2D eigenvalue weighted by atomic mass is 32.2. The van der Waals surface area contributed by atoms with Crippen molar-refractivity contribution in [2.75, 3.05) is 5.75 Å². The molecule has 0 spiro atoms. The predicted molar refractivity (Wildman–Crippen MR) is 126 cm³/mol. The van der Waals surface area contributed by atoms with Crippen molar-refractivity contribution in [3.63, 3.8) is 0 Å². The Morgan fingerprint density at radius 3 is 2.53 bits per heavy atom. The molecule has 162 valence electrons. The van der Waals surface area contributed by atoms with Crippen LogP contribution in [0.25, 0.3) is 33.9 Å². The first kappa shape index (κ1) is 20.6. The summed E-state index contributed by atoms with van der Waals surface area (Å²) < 4.78 is 27.0. The van der Waals surface area contributed by atoms with Crippen LogP contribution in [-0.2, 0) is 16.4 Å². The van der Waals surface area contributed by atoms with Gasteiger partial charge in [-0.2, -0.15) is 0 Å². The lowest BCUT2D eigenvalue weighted by Gasteiger charge is -2.14. The van der Waals surface area contributed by atoms with Gasteiger partial charge < -0.3 is 4.98 Å². The second-order valence-electron chi connectivity index (χ2n) is 7.94. The van der Waals surface area contributed by atoms with E-state index >= 15 is 0 Å². The summed E-state index contributed by atoms with van der Waals surface area (Å²) in [4.78, 5) is 12.6. The Hall–Kier alpha value is -3.29. The highest BCUT2D eigenvalue weighted by molar-refractivity contribution is 7.89. The molecule has 0 saturated carbocycles. The van der Waals surface area contributed by atoms with Crippen LogP contribution in [0.15, 0.2) is 73.1 Å². The summed E-state index contributed by atoms with van der Waals surface area (Å²) in [6.07, 6.45) is 5.14. The molecular formula is C25H24N4O2S. The number of benzene rings is 2. The standard InChI is InChI=1S/C25H24N4O2S/c1-2-32(30,31)29-22-11-9-19-16-20(8-10-21(19)22)24-23(17-12-14-26-15-13-17)27-25(28-24)18-6-4-3-5-7-18/h3-8,10,12-16,22,29H,2,9,11H2,1H3,(H,27,28). The van der Waals surface area contributed by atoms with Crippen LogP contribution in [-0.4, -0.2) is 29.1 Å². The van der Waals surface area contributed by atoms with Gasteiger partial charge in [0.2, 0.25) is 10.0 Å². The highest BCUT2D eigenvalue weighted by Crippen LogP contribution is 2.38. The number of nitrogens with one attached hydrogen (secondary N) is 2. The summed E-state index contributed by atoms with van der Waals surface area (Å²) in [6, 6.07) is 20.0. The first-order chi connectivity index (χ1) is 15.5. The molecule has 7 heteroatoms. The van der Waals surface area contributed by atoms with E-state index in [9.17, 15) is 8.42 Å². The monoisotopic (exact) mass is 444 g/mol. The summed E-state index contributed by atoms with van der Waals surface area (Å²) in [5.41, 5.74) is 7.07. The van der Waals surface area contributed by atoms with Gasteiger partial charge in [-0.25, -0.2) is 18.1 Å². The number of pyridine rings is 1. The van der Waals surface area contributed by atoms with Gasteiger partial charge >= 0.3 is 0 Å². The van der Waals surface area contributed by atoms with Crippen LogP contribution < -0.4 is 4.72 Å². The number of nitrogens with zero attached hydrogens (tertiary/aromatic N) is 2. The van der Waals surface area contributed by atoms with E-state index in [-0.39, 0.29) is 11.8 Å². The summed E-state index contributed by atoms with van der Waals surface area (Å²) in [6.45, 7) is 1.66. The number of hydrogen-bond donors (Lipinski definition) is 2. The Bertz CT molecular complexity index is 1350. The Morgan fingerprint density at radius 2 is 1.78 bits per heavy atom. The zero-order chi connectivity index (χ0) is 22.1. The van der Waals surface area contributed by atoms with Gasteiger partial charge in [-0.1, -0.05) is 42.5 Å². The zero-order valence-electron chi connectivity index (χ0n) is 17.7. The van der Waals surface area contributed by atoms with Gasteiger partial charge in [0.1, 0.15) is 5.82 Å². The fourth-order valence-corrected chi connectivity index (χ4v) is 5.07. The van der Waals surface area contributed by atoms with E-state index in [1.54, 1.807) is 19.3 Å². The third-order valence-electron chi connectivity index (χ3n) is 5.92. The lowest BCUT2D eigenvalue weighted by molar-refractivity contribution is 0.555. The van der Waals surface area contributed by atoms with Gasteiger partial charge in [-0.05, 0) is 49.1 Å². The molecule has 4 aromatic rings. The minimum atomic E-state index is -3.25. The van der Waals surface area contributed by atoms with Crippen molar-refractivity contribution >= 4 is 10.0 Å². The van der Waals surface area contributed by atoms with Gasteiger partial charge in [-0.3, -0.25) is 4.98 Å². The first-order valence-electron chi connectivity index (χ1n) is 10.7. The van der Waals surface area contributed by atoms with Crippen LogP contribution in [0.1, 0.15) is 30.5 Å². The van der Waals surface area contributed by atoms with Gasteiger partial charge in [0.05, 0.1) is 17.1 Å². The predicted octanol–water partition coefficient (Wildman–Crippen LogP) is 4.73. The van der Waals surface area contributed by atoms with E-state index in [0.29, 0.717) is 0 Å². The number of imidazole rings is 1. The maximum Gasteiger partial charge on any atom is 0.211 e. The molecular weight excluding hydrogens is 420 g/mol. The van der Waals surface area contributed by atoms with Crippen molar-refractivity contribution in [2.45, 2.75) is 25.8 Å². The average molecular weight is 445 g/mol. The highest BCUT2D eigenvalue weighted by Gasteiger charge is 2.27. The maximum absolute atomic E-state index is 12.1. The fraction of sp³-hybridized carbons (Fsp3) is 0.200. The molecule has 0 bridgehead atoms. The Balaban J connectivity index is 1.57. The molecule has 5 rings (SSSR count). The Labute approximate surface area is 187 Å². The Morgan fingerprint density at radius 1 is 1.00 bits per heavy atom. The van der Waals surface area contributed by atoms with E-state index in [0.717, 1.165) is 52.3 Å². The number of aromatic nitrogens is 3. The summed E-state index contributed by atoms with van der Waals surface area (Å²) >= 11 is 0. The number of aryl methyl sites for hydroxylation is 1. The van der Waals surface area contributed by atoms with Crippen LogP contribution in [0, 0.1) is 0 Å². The fourth-order valence-electron chi connectivity index (χ4n) is 4.23. The molecule has 1 aliphatic rings. The van der Waals surface area contributed by atoms with Crippen molar-refractivity contribution in [3.05, 3.63) is 84.2 Å². The molecule has 1 atom stereocenters. The summed E-state index contributed by atoms with van der Waals surface area (Å²) in [5, 5.41) is 0. The third kappa shape index (κ3) is 3.97. The summed E-state index contributed by atoms with van der Waals surface area (Å²) in [7, 11) is -3.25. The van der Waals surface area contributed by atoms with Gasteiger partial charge in [0.15, 0.2) is 0 Å². The first-order valence-corrected chi connectivity index (χ1v) is 12.4. The normalized spacial score (nSPS) is 15.6. The number of hydrogen-bond acceptors (Lipinski definition) is 4. The van der Waals surface area contributed by atoms with Gasteiger partial charge in [-0.15, -0.1) is 0 Å². The molecule has 6 nitrogen and oxygen atoms in total. The Kier molecular flexibility index (Phi) is 5.36. The van der Waals surface area contributed by atoms with Crippen LogP contribution in [0.2, 0.25) is 0 Å². The second-order valence-corrected chi connectivity index (χ2v) is 9.98. The molecule has 0 amide bonds. The number of aromatic amines is 1. The SMILES string of the molecule is CCS(=O)(=O)NC1CCc2cc(-c3[nH]c(-c4ccccc4)nc3-c3ccncc3)ccc21. The average Bonchev–Trinajstić information content (AvgIpc) is 3.44. The maximum atomic E-state index is 12.1. The van der Waals surface area contributed by atoms with Crippen molar-refractivity contribution in [1.82, 2.24) is 19.7 Å². The molecule has 1 unspecified atom stereocenters. The quantitative estimate of drug-likeness (QED) is 0.450. The van der Waals surface area contributed by atoms with Crippen molar-refractivity contribution < 1.29 is 8.42 Å².